The van der Waals surface area contributed by atoms with Crippen molar-refractivity contribution >= 4 is 17.5 Å². The lowest BCUT2D eigenvalue weighted by atomic mass is 10.2. The highest BCUT2D eigenvalue weighted by Crippen LogP contribution is 2.10. The third-order valence-corrected chi connectivity index (χ3v) is 2.97. The highest BCUT2D eigenvalue weighted by molar-refractivity contribution is 6.04. The van der Waals surface area contributed by atoms with Gasteiger partial charge in [-0.15, -0.1) is 6.58 Å². The van der Waals surface area contributed by atoms with E-state index in [1.807, 2.05) is 31.2 Å². The molecular formula is C17H17N3O2. The van der Waals surface area contributed by atoms with Crippen molar-refractivity contribution in [1.82, 2.24) is 10.3 Å². The highest BCUT2D eigenvalue weighted by Gasteiger charge is 2.11. The Labute approximate surface area is 129 Å². The summed E-state index contributed by atoms with van der Waals surface area (Å²) in [6.45, 7) is 5.87. The summed E-state index contributed by atoms with van der Waals surface area (Å²) in [6, 6.07) is 10.5. The van der Waals surface area contributed by atoms with E-state index in [1.54, 1.807) is 12.1 Å². The number of carbonyl (C=O) groups excluding carboxylic acids is 2. The van der Waals surface area contributed by atoms with Gasteiger partial charge in [-0.05, 0) is 31.2 Å². The van der Waals surface area contributed by atoms with Gasteiger partial charge in [0.2, 0.25) is 0 Å². The number of benzene rings is 1. The minimum absolute atomic E-state index is 0.187. The van der Waals surface area contributed by atoms with Crippen LogP contribution in [0.15, 0.2) is 55.3 Å². The number of aryl methyl sites for hydroxylation is 1. The molecule has 1 aromatic heterocycles. The third-order valence-electron chi connectivity index (χ3n) is 2.97. The van der Waals surface area contributed by atoms with Crippen LogP contribution in [0.3, 0.4) is 0 Å². The van der Waals surface area contributed by atoms with Crippen LogP contribution in [-0.4, -0.2) is 23.3 Å². The van der Waals surface area contributed by atoms with E-state index in [-0.39, 0.29) is 17.5 Å². The lowest BCUT2D eigenvalue weighted by Gasteiger charge is -2.07. The SMILES string of the molecule is C=CCNC(=O)c1ccnc(C(=O)Nc2ccc(C)cc2)c1. The van der Waals surface area contributed by atoms with Crippen molar-refractivity contribution in [3.8, 4) is 0 Å². The van der Waals surface area contributed by atoms with Crippen LogP contribution in [0, 0.1) is 6.92 Å². The highest BCUT2D eigenvalue weighted by atomic mass is 16.2. The zero-order valence-corrected chi connectivity index (χ0v) is 12.3. The summed E-state index contributed by atoms with van der Waals surface area (Å²) >= 11 is 0. The van der Waals surface area contributed by atoms with Crippen LogP contribution >= 0.6 is 0 Å². The van der Waals surface area contributed by atoms with Gasteiger partial charge >= 0.3 is 0 Å². The quantitative estimate of drug-likeness (QED) is 0.833. The van der Waals surface area contributed by atoms with Gasteiger partial charge in [0.1, 0.15) is 5.69 Å². The Hall–Kier alpha value is -2.95. The van der Waals surface area contributed by atoms with Gasteiger partial charge in [-0.25, -0.2) is 0 Å². The number of aromatic nitrogens is 1. The Morgan fingerprint density at radius 3 is 2.59 bits per heavy atom. The summed E-state index contributed by atoms with van der Waals surface area (Å²) in [7, 11) is 0. The van der Waals surface area contributed by atoms with Crippen LogP contribution in [0.25, 0.3) is 0 Å². The number of nitrogens with zero attached hydrogens (tertiary/aromatic N) is 1. The maximum absolute atomic E-state index is 12.2. The van der Waals surface area contributed by atoms with Crippen molar-refractivity contribution in [2.75, 3.05) is 11.9 Å². The Bertz CT molecular complexity index is 693. The van der Waals surface area contributed by atoms with Crippen LogP contribution in [0.1, 0.15) is 26.4 Å². The second-order valence-corrected chi connectivity index (χ2v) is 4.75. The standard InChI is InChI=1S/C17H17N3O2/c1-3-9-19-16(21)13-8-10-18-15(11-13)17(22)20-14-6-4-12(2)5-7-14/h3-8,10-11H,1,9H2,2H3,(H,19,21)(H,20,22). The maximum atomic E-state index is 12.2. The number of rotatable bonds is 5. The van der Waals surface area contributed by atoms with Crippen LogP contribution in [-0.2, 0) is 0 Å². The molecule has 5 heteroatoms. The molecule has 0 aliphatic rings. The molecule has 0 saturated heterocycles. The Morgan fingerprint density at radius 1 is 1.18 bits per heavy atom. The van der Waals surface area contributed by atoms with Gasteiger partial charge in [0.05, 0.1) is 0 Å². The predicted molar refractivity (Wildman–Crippen MR) is 85.9 cm³/mol. The lowest BCUT2D eigenvalue weighted by Crippen LogP contribution is -2.24. The molecule has 2 N–H and O–H groups in total. The zero-order valence-electron chi connectivity index (χ0n) is 12.3. The van der Waals surface area contributed by atoms with Gasteiger partial charge in [-0.2, -0.15) is 0 Å². The van der Waals surface area contributed by atoms with Crippen LogP contribution < -0.4 is 10.6 Å². The van der Waals surface area contributed by atoms with Crippen LogP contribution in [0.5, 0.6) is 0 Å². The number of hydrogen-bond acceptors (Lipinski definition) is 3. The molecule has 1 heterocycles. The molecule has 112 valence electrons. The van der Waals surface area contributed by atoms with Crippen molar-refractivity contribution in [1.29, 1.82) is 0 Å². The van der Waals surface area contributed by atoms with Gasteiger partial charge in [0.25, 0.3) is 11.8 Å². The third kappa shape index (κ3) is 4.02. The molecule has 5 nitrogen and oxygen atoms in total. The molecule has 0 radical (unpaired) electrons. The van der Waals surface area contributed by atoms with Gasteiger partial charge in [0, 0.05) is 24.0 Å². The van der Waals surface area contributed by atoms with E-state index in [9.17, 15) is 9.59 Å². The minimum Gasteiger partial charge on any atom is -0.349 e. The van der Waals surface area contributed by atoms with Gasteiger partial charge in [-0.3, -0.25) is 14.6 Å². The molecule has 22 heavy (non-hydrogen) atoms. The zero-order chi connectivity index (χ0) is 15.9. The normalized spacial score (nSPS) is 9.86. The topological polar surface area (TPSA) is 71.1 Å². The smallest absolute Gasteiger partial charge is 0.274 e. The van der Waals surface area contributed by atoms with Crippen molar-refractivity contribution < 1.29 is 9.59 Å². The van der Waals surface area contributed by atoms with E-state index in [0.29, 0.717) is 17.8 Å². The first-order chi connectivity index (χ1) is 10.6. The van der Waals surface area contributed by atoms with Gasteiger partial charge in [0.15, 0.2) is 0 Å². The molecule has 0 saturated carbocycles. The molecule has 1 aromatic carbocycles. The van der Waals surface area contributed by atoms with E-state index >= 15 is 0 Å². The Kier molecular flexibility index (Phi) is 5.03. The number of anilines is 1. The van der Waals surface area contributed by atoms with E-state index < -0.39 is 0 Å². The average Bonchev–Trinajstić information content (AvgIpc) is 2.54. The van der Waals surface area contributed by atoms with E-state index in [1.165, 1.54) is 12.3 Å². The first kappa shape index (κ1) is 15.4. The van der Waals surface area contributed by atoms with Crippen molar-refractivity contribution in [3.05, 3.63) is 72.1 Å². The second-order valence-electron chi connectivity index (χ2n) is 4.75. The number of nitrogens with one attached hydrogen (secondary N) is 2. The second kappa shape index (κ2) is 7.17. The number of pyridine rings is 1. The summed E-state index contributed by atoms with van der Waals surface area (Å²) in [5, 5.41) is 5.40. The summed E-state index contributed by atoms with van der Waals surface area (Å²) in [5.41, 5.74) is 2.36. The predicted octanol–water partition coefficient (Wildman–Crippen LogP) is 2.56. The largest absolute Gasteiger partial charge is 0.349 e. The summed E-state index contributed by atoms with van der Waals surface area (Å²) in [6.07, 6.45) is 3.02. The number of hydrogen-bond donors (Lipinski definition) is 2. The first-order valence-corrected chi connectivity index (χ1v) is 6.83. The van der Waals surface area contributed by atoms with Crippen LogP contribution in [0.2, 0.25) is 0 Å². The van der Waals surface area contributed by atoms with Crippen molar-refractivity contribution in [2.45, 2.75) is 6.92 Å². The molecule has 2 amide bonds. The molecule has 0 unspecified atom stereocenters. The molecular weight excluding hydrogens is 278 g/mol. The molecule has 0 spiro atoms. The number of carbonyl (C=O) groups is 2. The van der Waals surface area contributed by atoms with E-state index in [0.717, 1.165) is 5.56 Å². The van der Waals surface area contributed by atoms with Crippen LogP contribution in [0.4, 0.5) is 5.69 Å². The van der Waals surface area contributed by atoms with Gasteiger partial charge < -0.3 is 10.6 Å². The average molecular weight is 295 g/mol. The molecule has 2 rings (SSSR count). The summed E-state index contributed by atoms with van der Waals surface area (Å²) in [4.78, 5) is 28.0. The van der Waals surface area contributed by atoms with E-state index in [4.69, 9.17) is 0 Å². The van der Waals surface area contributed by atoms with Crippen molar-refractivity contribution in [3.63, 3.8) is 0 Å². The molecule has 0 aliphatic heterocycles. The lowest BCUT2D eigenvalue weighted by molar-refractivity contribution is 0.0958. The first-order valence-electron chi connectivity index (χ1n) is 6.83. The Balaban J connectivity index is 2.11. The fourth-order valence-electron chi connectivity index (χ4n) is 1.79. The summed E-state index contributed by atoms with van der Waals surface area (Å²) in [5.74, 6) is -0.631. The molecule has 0 atom stereocenters. The number of amides is 2. The molecule has 0 fully saturated rings. The van der Waals surface area contributed by atoms with Crippen molar-refractivity contribution in [2.24, 2.45) is 0 Å². The Morgan fingerprint density at radius 2 is 1.91 bits per heavy atom. The monoisotopic (exact) mass is 295 g/mol. The van der Waals surface area contributed by atoms with E-state index in [2.05, 4.69) is 22.2 Å². The molecule has 2 aromatic rings. The molecule has 0 aliphatic carbocycles. The molecule has 0 bridgehead atoms. The van der Waals surface area contributed by atoms with Gasteiger partial charge in [-0.1, -0.05) is 23.8 Å². The fraction of sp³-hybridized carbons (Fsp3) is 0.118. The fourth-order valence-corrected chi connectivity index (χ4v) is 1.79. The minimum atomic E-state index is -0.359. The maximum Gasteiger partial charge on any atom is 0.274 e. The summed E-state index contributed by atoms with van der Waals surface area (Å²) < 4.78 is 0.